The molecule has 18 atom stereocenters. The van der Waals surface area contributed by atoms with E-state index in [0.717, 1.165) is 36.2 Å². The van der Waals surface area contributed by atoms with Crippen molar-refractivity contribution < 1.29 is 63.5 Å². The number of carbonyl (C=O) groups is 2. The summed E-state index contributed by atoms with van der Waals surface area (Å²) in [6.45, 7) is 17.8. The van der Waals surface area contributed by atoms with Gasteiger partial charge in [0.05, 0.1) is 48.1 Å². The second kappa shape index (κ2) is 31.9. The number of ether oxygens (including phenoxy) is 6. The number of aliphatic hydroxyl groups is 5. The minimum atomic E-state index is -1.96. The summed E-state index contributed by atoms with van der Waals surface area (Å²) in [7, 11) is 4.03. The molecule has 6 fully saturated rings. The van der Waals surface area contributed by atoms with Gasteiger partial charge in [-0.1, -0.05) is 27.7 Å². The molecule has 3 aliphatic heterocycles. The molecule has 0 aromatic rings. The Morgan fingerprint density at radius 2 is 1.27 bits per heavy atom. The van der Waals surface area contributed by atoms with Crippen molar-refractivity contribution in [3.8, 4) is 0 Å². The predicted molar refractivity (Wildman–Crippen MR) is 329 cm³/mol. The number of methoxy groups -OCH3 is 1. The van der Waals surface area contributed by atoms with Crippen molar-refractivity contribution >= 4 is 19.1 Å². The smallest absolute Gasteiger partial charge is 0.126 e. The Kier molecular flexibility index (Phi) is 27.2. The fourth-order valence-corrected chi connectivity index (χ4v) is 25.9. The SMILES string of the molecule is CC[C@H]1OC(=O)[C@H](C)[C@@H](CO[C@H]2C[C@@](C)(OC)[C@@H](O)[C@H](C)O2)[C@H](C)[C@@H](O[C@@H]2O[C@H](C)C[C@H](N(C)C)[C@H]2O)[C@](C)(O)C[C@@H](C)CN(C(=O)CCCCCCCCCCCC[PH](C2CCCC2)(C2CCCC2)C2CCCC2)[C@H](C)[C@@H](O)[C@]1(C)O. The zero-order valence-corrected chi connectivity index (χ0v) is 55.0. The van der Waals surface area contributed by atoms with Crippen LogP contribution in [0.4, 0.5) is 0 Å². The molecule has 6 rings (SSSR count). The molecule has 3 saturated heterocycles. The molecule has 0 spiro atoms. The molecule has 0 bridgehead atoms. The fraction of sp³-hybridized carbons (Fsp3) is 0.970. The summed E-state index contributed by atoms with van der Waals surface area (Å²) in [5.74, 6) is -3.47. The maximum atomic E-state index is 14.7. The number of nitrogens with zero attached hydrogens (tertiary/aromatic N) is 2. The summed E-state index contributed by atoms with van der Waals surface area (Å²) in [6.07, 6.45) is 24.5. The van der Waals surface area contributed by atoms with Crippen LogP contribution in [0.25, 0.3) is 0 Å². The van der Waals surface area contributed by atoms with Crippen molar-refractivity contribution in [3.05, 3.63) is 0 Å². The van der Waals surface area contributed by atoms with Crippen LogP contribution in [-0.2, 0) is 38.0 Å². The summed E-state index contributed by atoms with van der Waals surface area (Å²) < 4.78 is 38.0. The molecular weight excluding hydrogens is 1060 g/mol. The largest absolute Gasteiger partial charge is 0.388 e. The molecule has 0 aromatic heterocycles. The number of esters is 1. The minimum absolute atomic E-state index is 0.0709. The number of amides is 1. The third-order valence-electron chi connectivity index (χ3n) is 22.3. The molecule has 5 N–H and O–H groups in total. The second-order valence-corrected chi connectivity index (χ2v) is 33.9. The van der Waals surface area contributed by atoms with Crippen molar-refractivity contribution in [2.24, 2.45) is 23.7 Å². The number of unbranched alkanes of at least 4 members (excludes halogenated alkanes) is 9. The molecule has 3 saturated carbocycles. The molecule has 1 amide bonds. The van der Waals surface area contributed by atoms with Gasteiger partial charge in [0.25, 0.3) is 0 Å². The van der Waals surface area contributed by atoms with Crippen LogP contribution >= 0.6 is 7.26 Å². The van der Waals surface area contributed by atoms with Crippen molar-refractivity contribution in [1.82, 2.24) is 9.80 Å². The normalized spacial score (nSPS) is 39.6. The maximum Gasteiger partial charge on any atom is 0.126 e. The summed E-state index contributed by atoms with van der Waals surface area (Å²) >= 11 is 0. The van der Waals surface area contributed by atoms with Crippen LogP contribution in [0.15, 0.2) is 0 Å². The van der Waals surface area contributed by atoms with E-state index >= 15 is 0 Å². The van der Waals surface area contributed by atoms with Crippen LogP contribution < -0.4 is 0 Å². The standard InChI is InChI=1S/C66H123N2O13P/c1-14-55-66(10,75)59(71)48(6)68(56(69)37-23-21-19-17-15-16-18-20-22-30-38-82(50-31-24-25-32-50,51-33-26-27-34-51)52-35-28-29-36-52)42-44(2)40-64(8,74)61(81-63-58(70)54(67(11)12)39-45(3)78-63)46(4)53(47(5)62(73)80-55)43-77-57-41-65(9,76-13)60(72)49(7)79-57/h44-55,57-61,63,70-72,74-75,82H,14-43H2,1-13H3/t44-,45-,46+,47-,48-,49+,53+,54+,55-,57-,58-,59-,60+,61-,63+,64-,65-,66-/m1/s1. The van der Waals surface area contributed by atoms with Gasteiger partial charge in [0.2, 0.25) is 5.91 Å². The first-order chi connectivity index (χ1) is 38.8. The number of carbonyl (C=O) groups excluding carboxylic acids is 2. The molecule has 480 valence electrons. The quantitative estimate of drug-likeness (QED) is 0.0348. The number of hydrogen-bond acceptors (Lipinski definition) is 14. The van der Waals surface area contributed by atoms with Crippen LogP contribution in [0.2, 0.25) is 0 Å². The summed E-state index contributed by atoms with van der Waals surface area (Å²) in [5.41, 5.74) is -1.21. The molecule has 3 aliphatic carbocycles. The Bertz CT molecular complexity index is 1850. The van der Waals surface area contributed by atoms with Gasteiger partial charge in [-0.15, -0.1) is 0 Å². The van der Waals surface area contributed by atoms with E-state index in [0.29, 0.717) is 12.8 Å². The van der Waals surface area contributed by atoms with Gasteiger partial charge < -0.3 is 63.8 Å². The van der Waals surface area contributed by atoms with Crippen molar-refractivity contribution in [2.75, 3.05) is 40.5 Å². The van der Waals surface area contributed by atoms with Crippen molar-refractivity contribution in [3.63, 3.8) is 0 Å². The number of hydrogen-bond donors (Lipinski definition) is 5. The fourth-order valence-electron chi connectivity index (χ4n) is 17.3. The first-order valence-electron chi connectivity index (χ1n) is 33.6. The topological polar surface area (TPSA) is 197 Å². The molecule has 16 heteroatoms. The van der Waals surface area contributed by atoms with Crippen LogP contribution in [0.1, 0.15) is 243 Å². The van der Waals surface area contributed by atoms with E-state index < -0.39 is 103 Å². The van der Waals surface area contributed by atoms with Crippen molar-refractivity contribution in [2.45, 2.75) is 344 Å². The summed E-state index contributed by atoms with van der Waals surface area (Å²) in [6, 6.07) is -1.18. The van der Waals surface area contributed by atoms with Crippen LogP contribution in [0.3, 0.4) is 0 Å². The van der Waals surface area contributed by atoms with E-state index in [-0.39, 0.29) is 62.8 Å². The molecule has 3 heterocycles. The van der Waals surface area contributed by atoms with E-state index in [9.17, 15) is 35.1 Å². The molecule has 15 nitrogen and oxygen atoms in total. The predicted octanol–water partition coefficient (Wildman–Crippen LogP) is 10.9. The third kappa shape index (κ3) is 17.4. The second-order valence-electron chi connectivity index (χ2n) is 28.8. The number of rotatable bonds is 24. The third-order valence-corrected chi connectivity index (χ3v) is 29.8. The average Bonchev–Trinajstić information content (AvgIpc) is 3.37. The Balaban J connectivity index is 1.11. The Hall–Kier alpha value is -1.07. The number of likely N-dealkylation sites (N-methyl/N-ethyl adjacent to an activating group) is 1. The minimum Gasteiger partial charge on any atom is -0.388 e. The van der Waals surface area contributed by atoms with E-state index in [1.54, 1.807) is 91.1 Å². The van der Waals surface area contributed by atoms with Gasteiger partial charge in [-0.2, -0.15) is 0 Å². The maximum absolute atomic E-state index is 14.7. The molecule has 6 aliphatic rings. The van der Waals surface area contributed by atoms with Gasteiger partial charge in [0.15, 0.2) is 12.6 Å². The summed E-state index contributed by atoms with van der Waals surface area (Å²) in [5, 5.41) is 60.4. The van der Waals surface area contributed by atoms with E-state index in [2.05, 4.69) is 0 Å². The van der Waals surface area contributed by atoms with Crippen LogP contribution in [-0.4, -0.2) is 189 Å². The van der Waals surface area contributed by atoms with Gasteiger partial charge in [-0.25, -0.2) is 0 Å². The molecule has 0 unspecified atom stereocenters. The van der Waals surface area contributed by atoms with E-state index in [1.807, 2.05) is 39.8 Å². The number of aliphatic hydroxyl groups excluding tert-OH is 3. The van der Waals surface area contributed by atoms with Crippen LogP contribution in [0.5, 0.6) is 0 Å². The van der Waals surface area contributed by atoms with Gasteiger partial charge in [-0.3, -0.25) is 9.59 Å². The van der Waals surface area contributed by atoms with E-state index in [4.69, 9.17) is 28.4 Å². The monoisotopic (exact) mass is 1180 g/mol. The Morgan fingerprint density at radius 1 is 0.744 bits per heavy atom. The Morgan fingerprint density at radius 3 is 1.78 bits per heavy atom. The average molecular weight is 1180 g/mol. The summed E-state index contributed by atoms with van der Waals surface area (Å²) in [4.78, 5) is 32.9. The Labute approximate surface area is 498 Å². The van der Waals surface area contributed by atoms with Gasteiger partial charge in [-0.05, 0) is 86.7 Å². The van der Waals surface area contributed by atoms with Gasteiger partial charge >= 0.3 is 184 Å². The molecular formula is C66H123N2O13P. The van der Waals surface area contributed by atoms with E-state index in [1.165, 1.54) is 91.1 Å². The number of cyclic esters (lactones) is 1. The zero-order valence-electron chi connectivity index (χ0n) is 54.0. The first kappa shape index (κ1) is 70.0. The van der Waals surface area contributed by atoms with Gasteiger partial charge in [0.1, 0.15) is 30.0 Å². The zero-order chi connectivity index (χ0) is 60.2. The molecule has 0 radical (unpaired) electrons. The van der Waals surface area contributed by atoms with Gasteiger partial charge in [0, 0.05) is 32.0 Å². The first-order valence-corrected chi connectivity index (χ1v) is 36.0. The van der Waals surface area contributed by atoms with Crippen LogP contribution in [0, 0.1) is 23.7 Å². The molecule has 82 heavy (non-hydrogen) atoms. The molecule has 0 aromatic carbocycles. The van der Waals surface area contributed by atoms with Crippen molar-refractivity contribution in [1.29, 1.82) is 0 Å².